The van der Waals surface area contributed by atoms with Crippen LogP contribution in [0.25, 0.3) is 16.8 Å². The number of benzene rings is 1. The summed E-state index contributed by atoms with van der Waals surface area (Å²) in [5.74, 6) is -1.03. The minimum atomic E-state index is -0.543. The topological polar surface area (TPSA) is 78.4 Å². The Morgan fingerprint density at radius 1 is 1.10 bits per heavy atom. The van der Waals surface area contributed by atoms with Crippen LogP contribution in [-0.2, 0) is 19.1 Å². The molecular weight excluding hydrogens is 260 g/mol. The van der Waals surface area contributed by atoms with Crippen LogP contribution in [0.4, 0.5) is 0 Å². The maximum atomic E-state index is 11.1. The lowest BCUT2D eigenvalue weighted by molar-refractivity contribution is -0.137. The van der Waals surface area contributed by atoms with E-state index in [1.165, 1.54) is 20.0 Å². The van der Waals surface area contributed by atoms with Crippen molar-refractivity contribution >= 4 is 28.7 Å². The summed E-state index contributed by atoms with van der Waals surface area (Å²) in [7, 11) is 0. The van der Waals surface area contributed by atoms with E-state index in [2.05, 4.69) is 9.97 Å². The minimum absolute atomic E-state index is 0.0333. The van der Waals surface area contributed by atoms with E-state index in [1.54, 1.807) is 6.07 Å². The van der Waals surface area contributed by atoms with Gasteiger partial charge in [-0.2, -0.15) is 0 Å². The molecule has 1 aromatic carbocycles. The van der Waals surface area contributed by atoms with E-state index < -0.39 is 11.9 Å². The zero-order valence-corrected chi connectivity index (χ0v) is 11.0. The quantitative estimate of drug-likeness (QED) is 0.628. The Bertz CT molecular complexity index is 694. The number of rotatable bonds is 3. The van der Waals surface area contributed by atoms with Crippen molar-refractivity contribution in [3.63, 3.8) is 0 Å². The number of ether oxygens (including phenoxy) is 2. The summed E-state index contributed by atoms with van der Waals surface area (Å²) < 4.78 is 9.70. The van der Waals surface area contributed by atoms with Crippen molar-refractivity contribution in [2.45, 2.75) is 13.8 Å². The Hall–Kier alpha value is -2.76. The van der Waals surface area contributed by atoms with Gasteiger partial charge in [-0.05, 0) is 12.1 Å². The molecule has 6 heteroatoms. The summed E-state index contributed by atoms with van der Waals surface area (Å²) >= 11 is 0. The van der Waals surface area contributed by atoms with Crippen molar-refractivity contribution in [2.24, 2.45) is 0 Å². The average Bonchev–Trinajstić information content (AvgIpc) is 2.42. The molecule has 0 aliphatic carbocycles. The zero-order valence-electron chi connectivity index (χ0n) is 11.0. The van der Waals surface area contributed by atoms with Crippen molar-refractivity contribution < 1.29 is 19.1 Å². The second-order valence-corrected chi connectivity index (χ2v) is 3.93. The number of carbonyl (C=O) groups is 2. The van der Waals surface area contributed by atoms with Crippen molar-refractivity contribution in [1.29, 1.82) is 0 Å². The van der Waals surface area contributed by atoms with Gasteiger partial charge in [0, 0.05) is 13.8 Å². The second-order valence-electron chi connectivity index (χ2n) is 3.93. The van der Waals surface area contributed by atoms with Gasteiger partial charge in [-0.1, -0.05) is 12.1 Å². The van der Waals surface area contributed by atoms with E-state index in [1.807, 2.05) is 18.2 Å². The number of aromatic nitrogens is 2. The molecule has 0 atom stereocenters. The third-order valence-corrected chi connectivity index (χ3v) is 2.29. The number of hydrogen-bond acceptors (Lipinski definition) is 6. The monoisotopic (exact) mass is 272 g/mol. The number of esters is 2. The van der Waals surface area contributed by atoms with E-state index in [9.17, 15) is 9.59 Å². The third kappa shape index (κ3) is 3.38. The lowest BCUT2D eigenvalue weighted by Gasteiger charge is -2.06. The van der Waals surface area contributed by atoms with Crippen molar-refractivity contribution in [2.75, 3.05) is 0 Å². The van der Waals surface area contributed by atoms with Gasteiger partial charge < -0.3 is 9.47 Å². The van der Waals surface area contributed by atoms with Gasteiger partial charge in [0.05, 0.1) is 17.2 Å². The van der Waals surface area contributed by atoms with Crippen LogP contribution in [0, 0.1) is 0 Å². The Morgan fingerprint density at radius 2 is 1.80 bits per heavy atom. The second kappa shape index (κ2) is 5.92. The van der Waals surface area contributed by atoms with Crippen LogP contribution in [-0.4, -0.2) is 21.9 Å². The number of hydrogen-bond donors (Lipinski definition) is 0. The van der Waals surface area contributed by atoms with Crippen molar-refractivity contribution in [3.8, 4) is 0 Å². The highest BCUT2D eigenvalue weighted by Gasteiger charge is 2.11. The summed E-state index contributed by atoms with van der Waals surface area (Å²) in [5, 5.41) is 0. The molecule has 6 nitrogen and oxygen atoms in total. The first-order valence-electron chi connectivity index (χ1n) is 5.84. The SMILES string of the molecule is CC(=O)O/C=C(/OC(C)=O)c1cnc2ccccc2n1. The van der Waals surface area contributed by atoms with Crippen molar-refractivity contribution in [1.82, 2.24) is 9.97 Å². The Labute approximate surface area is 115 Å². The summed E-state index contributed by atoms with van der Waals surface area (Å²) in [5.41, 5.74) is 1.66. The van der Waals surface area contributed by atoms with Gasteiger partial charge in [0.2, 0.25) is 0 Å². The fourth-order valence-electron chi connectivity index (χ4n) is 1.50. The molecule has 2 aromatic rings. The molecule has 2 rings (SSSR count). The van der Waals surface area contributed by atoms with Gasteiger partial charge in [0.25, 0.3) is 0 Å². The molecule has 20 heavy (non-hydrogen) atoms. The number of fused-ring (bicyclic) bond motifs is 1. The molecule has 0 radical (unpaired) electrons. The average molecular weight is 272 g/mol. The third-order valence-electron chi connectivity index (χ3n) is 2.29. The summed E-state index contributed by atoms with van der Waals surface area (Å²) in [6.07, 6.45) is 2.49. The first-order valence-corrected chi connectivity index (χ1v) is 5.84. The Balaban J connectivity index is 2.41. The van der Waals surface area contributed by atoms with Crippen LogP contribution >= 0.6 is 0 Å². The van der Waals surface area contributed by atoms with Crippen LogP contribution in [0.3, 0.4) is 0 Å². The van der Waals surface area contributed by atoms with Gasteiger partial charge in [-0.25, -0.2) is 4.98 Å². The fourth-order valence-corrected chi connectivity index (χ4v) is 1.50. The van der Waals surface area contributed by atoms with Gasteiger partial charge in [0.1, 0.15) is 12.0 Å². The molecule has 102 valence electrons. The van der Waals surface area contributed by atoms with E-state index >= 15 is 0 Å². The highest BCUT2D eigenvalue weighted by Crippen LogP contribution is 2.17. The minimum Gasteiger partial charge on any atom is -0.431 e. The predicted octanol–water partition coefficient (Wildman–Crippen LogP) is 2.05. The maximum absolute atomic E-state index is 11.1. The molecule has 0 aliphatic rings. The normalized spacial score (nSPS) is 11.2. The molecule has 1 aromatic heterocycles. The molecule has 0 bridgehead atoms. The number of para-hydroxylation sites is 2. The number of carbonyl (C=O) groups excluding carboxylic acids is 2. The van der Waals surface area contributed by atoms with Crippen LogP contribution in [0.15, 0.2) is 36.7 Å². The van der Waals surface area contributed by atoms with E-state index in [4.69, 9.17) is 9.47 Å². The molecule has 0 N–H and O–H groups in total. The highest BCUT2D eigenvalue weighted by molar-refractivity contribution is 5.79. The van der Waals surface area contributed by atoms with Gasteiger partial charge in [-0.15, -0.1) is 0 Å². The van der Waals surface area contributed by atoms with E-state index in [0.717, 1.165) is 6.26 Å². The summed E-state index contributed by atoms with van der Waals surface area (Å²) in [6, 6.07) is 7.26. The molecule has 0 aliphatic heterocycles. The van der Waals surface area contributed by atoms with Crippen LogP contribution < -0.4 is 0 Å². The first-order chi connectivity index (χ1) is 9.56. The summed E-state index contributed by atoms with van der Waals surface area (Å²) in [4.78, 5) is 30.4. The Kier molecular flexibility index (Phi) is 4.05. The molecule has 0 spiro atoms. The zero-order chi connectivity index (χ0) is 14.5. The van der Waals surface area contributed by atoms with Gasteiger partial charge >= 0.3 is 11.9 Å². The number of nitrogens with zero attached hydrogens (tertiary/aromatic N) is 2. The molecule has 1 heterocycles. The lowest BCUT2D eigenvalue weighted by atomic mass is 10.3. The molecule has 0 saturated heterocycles. The molecule has 0 amide bonds. The molecule has 0 fully saturated rings. The molecule has 0 saturated carbocycles. The van der Waals surface area contributed by atoms with Gasteiger partial charge in [-0.3, -0.25) is 14.6 Å². The highest BCUT2D eigenvalue weighted by atomic mass is 16.6. The van der Waals surface area contributed by atoms with E-state index in [0.29, 0.717) is 16.7 Å². The van der Waals surface area contributed by atoms with Crippen LogP contribution in [0.5, 0.6) is 0 Å². The van der Waals surface area contributed by atoms with Crippen molar-refractivity contribution in [3.05, 3.63) is 42.4 Å². The first kappa shape index (κ1) is 13.7. The van der Waals surface area contributed by atoms with E-state index in [-0.39, 0.29) is 5.76 Å². The van der Waals surface area contributed by atoms with Crippen LogP contribution in [0.1, 0.15) is 19.5 Å². The molecular formula is C14H12N2O4. The predicted molar refractivity (Wildman–Crippen MR) is 71.0 cm³/mol. The van der Waals surface area contributed by atoms with Gasteiger partial charge in [0.15, 0.2) is 5.76 Å². The lowest BCUT2D eigenvalue weighted by Crippen LogP contribution is -2.03. The summed E-state index contributed by atoms with van der Waals surface area (Å²) in [6.45, 7) is 2.49. The maximum Gasteiger partial charge on any atom is 0.308 e. The largest absolute Gasteiger partial charge is 0.431 e. The molecule has 0 unspecified atom stereocenters. The smallest absolute Gasteiger partial charge is 0.308 e. The standard InChI is InChI=1S/C14H12N2O4/c1-9(17)19-8-14(20-10(2)18)13-7-15-11-5-3-4-6-12(11)16-13/h3-8H,1-2H3/b14-8+. The van der Waals surface area contributed by atoms with Crippen LogP contribution in [0.2, 0.25) is 0 Å². The Morgan fingerprint density at radius 3 is 2.45 bits per heavy atom. The fraction of sp³-hybridized carbons (Fsp3) is 0.143.